The first-order valence-corrected chi connectivity index (χ1v) is 8.76. The normalized spacial score (nSPS) is 11.5. The lowest BCUT2D eigenvalue weighted by Gasteiger charge is -2.19. The third-order valence-corrected chi connectivity index (χ3v) is 4.83. The molecule has 0 spiro atoms. The Kier molecular flexibility index (Phi) is 5.76. The van der Waals surface area contributed by atoms with Crippen molar-refractivity contribution in [1.82, 2.24) is 14.0 Å². The van der Waals surface area contributed by atoms with Gasteiger partial charge in [0.05, 0.1) is 24.8 Å². The molecule has 0 saturated heterocycles. The average molecular weight is 393 g/mol. The molecule has 3 rings (SSSR count). The third kappa shape index (κ3) is 4.12. The summed E-state index contributed by atoms with van der Waals surface area (Å²) in [7, 11) is 5.35. The fourth-order valence-electron chi connectivity index (χ4n) is 3.11. The van der Waals surface area contributed by atoms with E-state index in [1.807, 2.05) is 42.9 Å². The van der Waals surface area contributed by atoms with Gasteiger partial charge >= 0.3 is 6.61 Å². The standard InChI is InChI=1S/C19H21F2N3O2S/c1-22(11-13-8-9-16(26-18(20)21)17(10-13)25-3)12-24-15-7-5-4-6-14(15)23(2)19(24)27/h4-10,18H,11-12H2,1-3H3. The van der Waals surface area contributed by atoms with E-state index in [2.05, 4.69) is 14.2 Å². The molecule has 0 unspecified atom stereocenters. The van der Waals surface area contributed by atoms with Crippen molar-refractivity contribution in [1.29, 1.82) is 0 Å². The van der Waals surface area contributed by atoms with Crippen LogP contribution in [0.1, 0.15) is 5.56 Å². The number of halogens is 2. The zero-order chi connectivity index (χ0) is 19.6. The van der Waals surface area contributed by atoms with E-state index in [1.54, 1.807) is 12.1 Å². The molecular weight excluding hydrogens is 372 g/mol. The number of benzene rings is 2. The van der Waals surface area contributed by atoms with E-state index < -0.39 is 6.61 Å². The summed E-state index contributed by atoms with van der Waals surface area (Å²) < 4.78 is 39.3. The summed E-state index contributed by atoms with van der Waals surface area (Å²) in [6.45, 7) is -1.70. The molecule has 3 aromatic rings. The summed E-state index contributed by atoms with van der Waals surface area (Å²) >= 11 is 5.57. The topological polar surface area (TPSA) is 31.6 Å². The molecule has 0 aliphatic heterocycles. The molecule has 0 N–H and O–H groups in total. The highest BCUT2D eigenvalue weighted by molar-refractivity contribution is 7.71. The first kappa shape index (κ1) is 19.3. The van der Waals surface area contributed by atoms with E-state index in [-0.39, 0.29) is 11.5 Å². The van der Waals surface area contributed by atoms with Crippen molar-refractivity contribution >= 4 is 23.3 Å². The SMILES string of the molecule is COc1cc(CN(C)Cn2c(=S)n(C)c3ccccc32)ccc1OC(F)F. The second-order valence-electron chi connectivity index (χ2n) is 6.28. The maximum absolute atomic E-state index is 12.5. The summed E-state index contributed by atoms with van der Waals surface area (Å²) in [6, 6.07) is 13.0. The molecule has 5 nitrogen and oxygen atoms in total. The minimum absolute atomic E-state index is 0.0233. The number of nitrogens with zero attached hydrogens (tertiary/aromatic N) is 3. The smallest absolute Gasteiger partial charge is 0.387 e. The van der Waals surface area contributed by atoms with Gasteiger partial charge in [-0.15, -0.1) is 0 Å². The molecule has 0 amide bonds. The third-order valence-electron chi connectivity index (χ3n) is 4.33. The Bertz CT molecular complexity index is 1000. The number of ether oxygens (including phenoxy) is 2. The van der Waals surface area contributed by atoms with E-state index in [4.69, 9.17) is 17.0 Å². The highest BCUT2D eigenvalue weighted by Crippen LogP contribution is 2.30. The minimum atomic E-state index is -2.89. The number of imidazole rings is 1. The summed E-state index contributed by atoms with van der Waals surface area (Å²) in [5, 5.41) is 0. The number of aryl methyl sites for hydroxylation is 1. The van der Waals surface area contributed by atoms with E-state index in [0.717, 1.165) is 21.4 Å². The van der Waals surface area contributed by atoms with Gasteiger partial charge in [-0.25, -0.2) is 0 Å². The molecule has 0 radical (unpaired) electrons. The molecule has 2 aromatic carbocycles. The highest BCUT2D eigenvalue weighted by Gasteiger charge is 2.13. The second-order valence-corrected chi connectivity index (χ2v) is 6.64. The van der Waals surface area contributed by atoms with Gasteiger partial charge in [-0.1, -0.05) is 18.2 Å². The van der Waals surface area contributed by atoms with E-state index in [1.165, 1.54) is 13.2 Å². The lowest BCUT2D eigenvalue weighted by molar-refractivity contribution is -0.0512. The number of hydrogen-bond donors (Lipinski definition) is 0. The van der Waals surface area contributed by atoms with Crippen LogP contribution >= 0.6 is 12.2 Å². The molecule has 0 fully saturated rings. The van der Waals surface area contributed by atoms with Crippen LogP contribution < -0.4 is 9.47 Å². The van der Waals surface area contributed by atoms with Crippen LogP contribution in [-0.2, 0) is 20.3 Å². The van der Waals surface area contributed by atoms with Gasteiger partial charge in [0.25, 0.3) is 0 Å². The number of para-hydroxylation sites is 2. The van der Waals surface area contributed by atoms with Crippen molar-refractivity contribution in [3.05, 3.63) is 52.8 Å². The fraction of sp³-hybridized carbons (Fsp3) is 0.316. The lowest BCUT2D eigenvalue weighted by atomic mass is 10.2. The Morgan fingerprint density at radius 1 is 1.11 bits per heavy atom. The molecule has 0 aliphatic rings. The predicted octanol–water partition coefficient (Wildman–Crippen LogP) is 4.41. The van der Waals surface area contributed by atoms with Crippen molar-refractivity contribution in [3.8, 4) is 11.5 Å². The maximum atomic E-state index is 12.5. The largest absolute Gasteiger partial charge is 0.493 e. The van der Waals surface area contributed by atoms with Crippen molar-refractivity contribution in [3.63, 3.8) is 0 Å². The Hall–Kier alpha value is -2.45. The van der Waals surface area contributed by atoms with Crippen LogP contribution in [0.25, 0.3) is 11.0 Å². The molecule has 0 atom stereocenters. The van der Waals surface area contributed by atoms with Gasteiger partial charge < -0.3 is 18.6 Å². The monoisotopic (exact) mass is 393 g/mol. The van der Waals surface area contributed by atoms with Crippen LogP contribution in [0.2, 0.25) is 0 Å². The fourth-order valence-corrected chi connectivity index (χ4v) is 3.36. The van der Waals surface area contributed by atoms with Crippen molar-refractivity contribution < 1.29 is 18.3 Å². The van der Waals surface area contributed by atoms with Gasteiger partial charge in [-0.05, 0) is 49.1 Å². The lowest BCUT2D eigenvalue weighted by Crippen LogP contribution is -2.22. The summed E-state index contributed by atoms with van der Waals surface area (Å²) in [4.78, 5) is 2.09. The Balaban J connectivity index is 1.80. The maximum Gasteiger partial charge on any atom is 0.387 e. The Morgan fingerprint density at radius 3 is 2.48 bits per heavy atom. The first-order valence-electron chi connectivity index (χ1n) is 8.35. The number of aromatic nitrogens is 2. The second kappa shape index (κ2) is 8.06. The van der Waals surface area contributed by atoms with Gasteiger partial charge in [-0.3, -0.25) is 4.90 Å². The molecular formula is C19H21F2N3O2S. The number of hydrogen-bond acceptors (Lipinski definition) is 4. The van der Waals surface area contributed by atoms with Crippen LogP contribution in [0.15, 0.2) is 42.5 Å². The molecule has 144 valence electrons. The Labute approximate surface area is 161 Å². The molecule has 8 heteroatoms. The number of alkyl halides is 2. The quantitative estimate of drug-likeness (QED) is 0.557. The zero-order valence-corrected chi connectivity index (χ0v) is 16.2. The first-order chi connectivity index (χ1) is 12.9. The van der Waals surface area contributed by atoms with E-state index >= 15 is 0 Å². The number of methoxy groups -OCH3 is 1. The average Bonchev–Trinajstić information content (AvgIpc) is 2.88. The molecule has 1 heterocycles. The summed E-state index contributed by atoms with van der Waals surface area (Å²) in [6.07, 6.45) is 0. The van der Waals surface area contributed by atoms with Crippen LogP contribution in [0.5, 0.6) is 11.5 Å². The van der Waals surface area contributed by atoms with E-state index in [9.17, 15) is 8.78 Å². The molecule has 1 aromatic heterocycles. The molecule has 27 heavy (non-hydrogen) atoms. The van der Waals surface area contributed by atoms with Gasteiger partial charge in [0.2, 0.25) is 0 Å². The molecule has 0 aliphatic carbocycles. The van der Waals surface area contributed by atoms with Gasteiger partial charge in [0.1, 0.15) is 0 Å². The molecule has 0 bridgehead atoms. The van der Waals surface area contributed by atoms with Crippen molar-refractivity contribution in [2.75, 3.05) is 14.2 Å². The van der Waals surface area contributed by atoms with Gasteiger partial charge in [0, 0.05) is 13.6 Å². The zero-order valence-electron chi connectivity index (χ0n) is 15.4. The summed E-state index contributed by atoms with van der Waals surface area (Å²) in [5.41, 5.74) is 3.06. The van der Waals surface area contributed by atoms with Crippen LogP contribution in [0, 0.1) is 4.77 Å². The minimum Gasteiger partial charge on any atom is -0.493 e. The Morgan fingerprint density at radius 2 is 1.81 bits per heavy atom. The van der Waals surface area contributed by atoms with Crippen molar-refractivity contribution in [2.24, 2.45) is 7.05 Å². The molecule has 0 saturated carbocycles. The summed E-state index contributed by atoms with van der Waals surface area (Å²) in [5.74, 6) is 0.304. The highest BCUT2D eigenvalue weighted by atomic mass is 32.1. The van der Waals surface area contributed by atoms with Gasteiger partial charge in [-0.2, -0.15) is 8.78 Å². The van der Waals surface area contributed by atoms with Crippen LogP contribution in [-0.4, -0.2) is 34.8 Å². The van der Waals surface area contributed by atoms with Gasteiger partial charge in [0.15, 0.2) is 16.3 Å². The van der Waals surface area contributed by atoms with E-state index in [0.29, 0.717) is 13.2 Å². The van der Waals surface area contributed by atoms with Crippen LogP contribution in [0.3, 0.4) is 0 Å². The number of rotatable bonds is 7. The van der Waals surface area contributed by atoms with Crippen LogP contribution in [0.4, 0.5) is 8.78 Å². The predicted molar refractivity (Wildman–Crippen MR) is 103 cm³/mol. The number of fused-ring (bicyclic) bond motifs is 1. The van der Waals surface area contributed by atoms with Crippen molar-refractivity contribution in [2.45, 2.75) is 19.8 Å².